The minimum atomic E-state index is 0.412. The molecule has 0 saturated heterocycles. The summed E-state index contributed by atoms with van der Waals surface area (Å²) < 4.78 is 2.41. The van der Waals surface area contributed by atoms with Gasteiger partial charge in [-0.05, 0) is 51.6 Å². The van der Waals surface area contributed by atoms with Gasteiger partial charge in [0.15, 0.2) is 0 Å². The Labute approximate surface area is 103 Å². The van der Waals surface area contributed by atoms with E-state index in [0.717, 1.165) is 6.54 Å². The molecule has 2 aromatic rings. The second kappa shape index (κ2) is 3.61. The van der Waals surface area contributed by atoms with Crippen molar-refractivity contribution in [2.75, 3.05) is 14.1 Å². The number of likely N-dealkylation sites (N-methyl/N-ethyl adjacent to an activating group) is 1. The van der Waals surface area contributed by atoms with Gasteiger partial charge < -0.3 is 9.47 Å². The lowest BCUT2D eigenvalue weighted by atomic mass is 10.1. The molecule has 1 aromatic carbocycles. The van der Waals surface area contributed by atoms with E-state index in [4.69, 9.17) is 0 Å². The van der Waals surface area contributed by atoms with E-state index in [-0.39, 0.29) is 0 Å². The van der Waals surface area contributed by atoms with Crippen LogP contribution in [0.25, 0.3) is 10.9 Å². The Balaban J connectivity index is 1.99. The molecule has 1 heterocycles. The molecule has 1 saturated carbocycles. The van der Waals surface area contributed by atoms with Gasteiger partial charge in [0.05, 0.1) is 0 Å². The maximum atomic E-state index is 2.41. The van der Waals surface area contributed by atoms with Crippen molar-refractivity contribution in [2.24, 2.45) is 0 Å². The molecule has 0 unspecified atom stereocenters. The van der Waals surface area contributed by atoms with Crippen molar-refractivity contribution >= 4 is 10.9 Å². The van der Waals surface area contributed by atoms with Crippen LogP contribution in [0.1, 0.15) is 18.4 Å². The Morgan fingerprint density at radius 2 is 2.00 bits per heavy atom. The van der Waals surface area contributed by atoms with Crippen LogP contribution in [0.15, 0.2) is 30.5 Å². The summed E-state index contributed by atoms with van der Waals surface area (Å²) in [4.78, 5) is 2.38. The topological polar surface area (TPSA) is 8.17 Å². The fourth-order valence-corrected chi connectivity index (χ4v) is 2.72. The second-order valence-electron chi connectivity index (χ2n) is 5.57. The zero-order valence-corrected chi connectivity index (χ0v) is 10.9. The van der Waals surface area contributed by atoms with Gasteiger partial charge in [0, 0.05) is 29.2 Å². The van der Waals surface area contributed by atoms with Crippen molar-refractivity contribution in [2.45, 2.75) is 31.8 Å². The highest BCUT2D eigenvalue weighted by Gasteiger charge is 2.45. The van der Waals surface area contributed by atoms with Crippen molar-refractivity contribution in [3.05, 3.63) is 36.0 Å². The summed E-state index contributed by atoms with van der Waals surface area (Å²) in [6.07, 6.45) is 4.89. The van der Waals surface area contributed by atoms with Gasteiger partial charge in [0.25, 0.3) is 0 Å². The number of aromatic nitrogens is 1. The molecule has 0 bridgehead atoms. The van der Waals surface area contributed by atoms with Crippen LogP contribution in [0.5, 0.6) is 0 Å². The van der Waals surface area contributed by atoms with E-state index in [1.165, 1.54) is 29.3 Å². The average molecular weight is 228 g/mol. The molecule has 0 amide bonds. The predicted molar refractivity (Wildman–Crippen MR) is 72.3 cm³/mol. The Kier molecular flexibility index (Phi) is 2.30. The lowest BCUT2D eigenvalue weighted by molar-refractivity contribution is 0.244. The first-order valence-electron chi connectivity index (χ1n) is 6.34. The zero-order valence-electron chi connectivity index (χ0n) is 10.9. The van der Waals surface area contributed by atoms with E-state index in [2.05, 4.69) is 60.9 Å². The minimum Gasteiger partial charge on any atom is -0.346 e. The molecule has 0 N–H and O–H groups in total. The number of aryl methyl sites for hydroxylation is 1. The molecule has 2 heteroatoms. The summed E-state index contributed by atoms with van der Waals surface area (Å²) in [6, 6.07) is 8.82. The first-order valence-corrected chi connectivity index (χ1v) is 6.34. The largest absolute Gasteiger partial charge is 0.346 e. The van der Waals surface area contributed by atoms with Crippen LogP contribution in [0.4, 0.5) is 0 Å². The van der Waals surface area contributed by atoms with Gasteiger partial charge in [0.2, 0.25) is 0 Å². The van der Waals surface area contributed by atoms with Crippen LogP contribution in [-0.4, -0.2) is 29.1 Å². The fraction of sp³-hybridized carbons (Fsp3) is 0.467. The number of rotatable bonds is 3. The molecule has 0 radical (unpaired) electrons. The molecule has 90 valence electrons. The Bertz CT molecular complexity index is 547. The molecule has 17 heavy (non-hydrogen) atoms. The van der Waals surface area contributed by atoms with Crippen molar-refractivity contribution < 1.29 is 0 Å². The van der Waals surface area contributed by atoms with Crippen LogP contribution in [-0.2, 0) is 6.54 Å². The van der Waals surface area contributed by atoms with Gasteiger partial charge in [0.1, 0.15) is 0 Å². The highest BCUT2D eigenvalue weighted by Crippen LogP contribution is 2.42. The monoisotopic (exact) mass is 228 g/mol. The first kappa shape index (κ1) is 10.8. The molecular formula is C15H20N2. The fourth-order valence-electron chi connectivity index (χ4n) is 2.72. The Hall–Kier alpha value is -1.28. The van der Waals surface area contributed by atoms with Crippen LogP contribution in [0.3, 0.4) is 0 Å². The third-order valence-corrected chi connectivity index (χ3v) is 4.27. The summed E-state index contributed by atoms with van der Waals surface area (Å²) in [5.74, 6) is 0. The minimum absolute atomic E-state index is 0.412. The molecule has 1 aliphatic carbocycles. The summed E-state index contributed by atoms with van der Waals surface area (Å²) in [5.41, 5.74) is 3.16. The van der Waals surface area contributed by atoms with Gasteiger partial charge in [-0.25, -0.2) is 0 Å². The summed E-state index contributed by atoms with van der Waals surface area (Å²) >= 11 is 0. The number of hydrogen-bond acceptors (Lipinski definition) is 1. The standard InChI is InChI=1S/C15H20N2/c1-12-5-4-6-14-13(12)7-10-17(14)11-15(8-9-15)16(2)3/h4-7,10H,8-9,11H2,1-3H3. The summed E-state index contributed by atoms with van der Waals surface area (Å²) in [7, 11) is 4.40. The first-order chi connectivity index (χ1) is 8.12. The van der Waals surface area contributed by atoms with Gasteiger partial charge in [-0.1, -0.05) is 12.1 Å². The van der Waals surface area contributed by atoms with Gasteiger partial charge in [-0.2, -0.15) is 0 Å². The van der Waals surface area contributed by atoms with Crippen molar-refractivity contribution in [3.63, 3.8) is 0 Å². The van der Waals surface area contributed by atoms with Gasteiger partial charge in [-0.3, -0.25) is 0 Å². The number of benzene rings is 1. The predicted octanol–water partition coefficient (Wildman–Crippen LogP) is 3.04. The van der Waals surface area contributed by atoms with Crippen molar-refractivity contribution in [1.82, 2.24) is 9.47 Å². The second-order valence-corrected chi connectivity index (χ2v) is 5.57. The van der Waals surface area contributed by atoms with Crippen molar-refractivity contribution in [1.29, 1.82) is 0 Å². The third-order valence-electron chi connectivity index (χ3n) is 4.27. The van der Waals surface area contributed by atoms with Gasteiger partial charge in [-0.15, -0.1) is 0 Å². The van der Waals surface area contributed by atoms with Crippen molar-refractivity contribution in [3.8, 4) is 0 Å². The van der Waals surface area contributed by atoms with E-state index < -0.39 is 0 Å². The third kappa shape index (κ3) is 1.67. The highest BCUT2D eigenvalue weighted by atomic mass is 15.2. The average Bonchev–Trinajstić information content (AvgIpc) is 2.96. The quantitative estimate of drug-likeness (QED) is 0.784. The lowest BCUT2D eigenvalue weighted by Gasteiger charge is -2.24. The lowest BCUT2D eigenvalue weighted by Crippen LogP contribution is -2.34. The van der Waals surface area contributed by atoms with Crippen LogP contribution in [0.2, 0.25) is 0 Å². The highest BCUT2D eigenvalue weighted by molar-refractivity contribution is 5.83. The maximum Gasteiger partial charge on any atom is 0.0483 e. The molecular weight excluding hydrogens is 208 g/mol. The zero-order chi connectivity index (χ0) is 12.0. The Morgan fingerprint density at radius 3 is 2.65 bits per heavy atom. The summed E-state index contributed by atoms with van der Waals surface area (Å²) in [5, 5.41) is 1.39. The van der Waals surface area contributed by atoms with Crippen LogP contribution >= 0.6 is 0 Å². The molecule has 0 aliphatic heterocycles. The molecule has 1 fully saturated rings. The normalized spacial score (nSPS) is 17.9. The molecule has 2 nitrogen and oxygen atoms in total. The maximum absolute atomic E-state index is 2.41. The molecule has 1 aliphatic rings. The number of fused-ring (bicyclic) bond motifs is 1. The number of hydrogen-bond donors (Lipinski definition) is 0. The van der Waals surface area contributed by atoms with E-state index in [1.54, 1.807) is 0 Å². The van der Waals surface area contributed by atoms with E-state index in [9.17, 15) is 0 Å². The van der Waals surface area contributed by atoms with Crippen LogP contribution < -0.4 is 0 Å². The SMILES string of the molecule is Cc1cccc2c1ccn2CC1(N(C)C)CC1. The smallest absolute Gasteiger partial charge is 0.0483 e. The van der Waals surface area contributed by atoms with Gasteiger partial charge >= 0.3 is 0 Å². The van der Waals surface area contributed by atoms with Crippen LogP contribution in [0, 0.1) is 6.92 Å². The molecule has 0 atom stereocenters. The van der Waals surface area contributed by atoms with E-state index >= 15 is 0 Å². The molecule has 0 spiro atoms. The van der Waals surface area contributed by atoms with E-state index in [1.807, 2.05) is 0 Å². The molecule has 3 rings (SSSR count). The van der Waals surface area contributed by atoms with E-state index in [0.29, 0.717) is 5.54 Å². The summed E-state index contributed by atoms with van der Waals surface area (Å²) in [6.45, 7) is 3.30. The Morgan fingerprint density at radius 1 is 1.24 bits per heavy atom. The molecule has 1 aromatic heterocycles. The number of nitrogens with zero attached hydrogens (tertiary/aromatic N) is 2.